The van der Waals surface area contributed by atoms with Crippen LogP contribution >= 0.6 is 27.4 Å². The smallest absolute Gasteiger partial charge is 0.383 e. The molecule has 0 spiro atoms. The van der Waals surface area contributed by atoms with Gasteiger partial charge in [0.05, 0.1) is 17.4 Å². The minimum atomic E-state index is -5.10. The highest BCUT2D eigenvalue weighted by atomic mass is 32.2. The second-order valence-corrected chi connectivity index (χ2v) is 9.60. The molecule has 2 rings (SSSR count). The van der Waals surface area contributed by atoms with Gasteiger partial charge in [0.25, 0.3) is 0 Å². The Morgan fingerprint density at radius 3 is 2.69 bits per heavy atom. The van der Waals surface area contributed by atoms with Gasteiger partial charge in [0.2, 0.25) is 0 Å². The first-order valence-electron chi connectivity index (χ1n) is 7.49. The molecular weight excluding hydrogens is 406 g/mol. The molecule has 26 heavy (non-hydrogen) atoms. The van der Waals surface area contributed by atoms with Crippen LogP contribution in [0.3, 0.4) is 0 Å². The van der Waals surface area contributed by atoms with Crippen molar-refractivity contribution in [3.63, 3.8) is 0 Å². The molecule has 146 valence electrons. The van der Waals surface area contributed by atoms with E-state index in [1.165, 1.54) is 0 Å². The maximum absolute atomic E-state index is 11.4. The summed E-state index contributed by atoms with van der Waals surface area (Å²) in [5.74, 6) is 1.72. The fraction of sp³-hybridized carbons (Fsp3) is 0.583. The maximum atomic E-state index is 11.4. The SMILES string of the molecule is CC1=[N+](Cc2cnc(C)nc2N)CS[C@H]1CCOP(=O)(O)OP(=O)(O)O. The van der Waals surface area contributed by atoms with Crippen LogP contribution in [-0.2, 0) is 24.5 Å². The van der Waals surface area contributed by atoms with Crippen molar-refractivity contribution in [1.29, 1.82) is 0 Å². The second-order valence-electron chi connectivity index (χ2n) is 5.61. The molecule has 0 bridgehead atoms. The molecule has 2 atom stereocenters. The summed E-state index contributed by atoms with van der Waals surface area (Å²) in [4.78, 5) is 34.7. The zero-order valence-corrected chi connectivity index (χ0v) is 16.8. The zero-order chi connectivity index (χ0) is 19.5. The first-order chi connectivity index (χ1) is 12.0. The van der Waals surface area contributed by atoms with E-state index in [0.717, 1.165) is 11.3 Å². The molecule has 2 heterocycles. The summed E-state index contributed by atoms with van der Waals surface area (Å²) in [5.41, 5.74) is 7.75. The van der Waals surface area contributed by atoms with E-state index in [0.29, 0.717) is 30.5 Å². The summed E-state index contributed by atoms with van der Waals surface area (Å²) < 4.78 is 32.5. The van der Waals surface area contributed by atoms with Crippen LogP contribution in [0.15, 0.2) is 6.20 Å². The normalized spacial score (nSPS) is 20.4. The molecule has 1 aliphatic rings. The van der Waals surface area contributed by atoms with Crippen LogP contribution in [0.5, 0.6) is 0 Å². The Bertz CT molecular complexity index is 800. The quantitative estimate of drug-likeness (QED) is 0.345. The molecule has 0 amide bonds. The van der Waals surface area contributed by atoms with E-state index in [2.05, 4.69) is 23.4 Å². The van der Waals surface area contributed by atoms with Gasteiger partial charge in [-0.2, -0.15) is 4.31 Å². The average molecular weight is 427 g/mol. The van der Waals surface area contributed by atoms with Crippen molar-refractivity contribution >= 4 is 38.9 Å². The third-order valence-electron chi connectivity index (χ3n) is 3.62. The van der Waals surface area contributed by atoms with E-state index in [1.54, 1.807) is 24.9 Å². The van der Waals surface area contributed by atoms with E-state index in [4.69, 9.17) is 15.5 Å². The van der Waals surface area contributed by atoms with E-state index in [1.807, 2.05) is 6.92 Å². The van der Waals surface area contributed by atoms with Crippen LogP contribution in [0.2, 0.25) is 0 Å². The Morgan fingerprint density at radius 1 is 1.38 bits per heavy atom. The summed E-state index contributed by atoms with van der Waals surface area (Å²) >= 11 is 1.61. The Morgan fingerprint density at radius 2 is 2.08 bits per heavy atom. The van der Waals surface area contributed by atoms with Crippen LogP contribution in [0.25, 0.3) is 0 Å². The lowest BCUT2D eigenvalue weighted by atomic mass is 10.2. The van der Waals surface area contributed by atoms with Crippen molar-refractivity contribution < 1.29 is 37.2 Å². The molecule has 0 radical (unpaired) electrons. The van der Waals surface area contributed by atoms with Gasteiger partial charge in [-0.25, -0.2) is 23.7 Å². The molecule has 0 saturated carbocycles. The number of nitrogens with two attached hydrogens (primary N) is 1. The Hall–Kier alpha value is -0.840. The summed E-state index contributed by atoms with van der Waals surface area (Å²) in [5, 5.41) is 0.0256. The van der Waals surface area contributed by atoms with Gasteiger partial charge in [-0.1, -0.05) is 11.8 Å². The van der Waals surface area contributed by atoms with Crippen LogP contribution in [0.4, 0.5) is 5.82 Å². The number of anilines is 1. The van der Waals surface area contributed by atoms with Crippen LogP contribution in [0.1, 0.15) is 24.7 Å². The molecule has 0 aromatic carbocycles. The summed E-state index contributed by atoms with van der Waals surface area (Å²) in [6.45, 7) is 4.05. The third kappa shape index (κ3) is 6.40. The summed E-state index contributed by atoms with van der Waals surface area (Å²) in [6.07, 6.45) is 2.06. The molecule has 14 heteroatoms. The summed E-state index contributed by atoms with van der Waals surface area (Å²) in [7, 11) is -9.90. The number of hydrogen-bond donors (Lipinski definition) is 4. The number of nitrogens with zero attached hydrogens (tertiary/aromatic N) is 3. The fourth-order valence-electron chi connectivity index (χ4n) is 2.34. The molecule has 5 N–H and O–H groups in total. The highest BCUT2D eigenvalue weighted by molar-refractivity contribution is 8.00. The van der Waals surface area contributed by atoms with Gasteiger partial charge < -0.3 is 20.4 Å². The molecule has 0 saturated heterocycles. The van der Waals surface area contributed by atoms with Gasteiger partial charge in [-0.3, -0.25) is 4.52 Å². The number of rotatable bonds is 8. The van der Waals surface area contributed by atoms with Crippen molar-refractivity contribution in [2.24, 2.45) is 0 Å². The lowest BCUT2D eigenvalue weighted by Crippen LogP contribution is -2.20. The number of aromatic nitrogens is 2. The number of aryl methyl sites for hydroxylation is 1. The van der Waals surface area contributed by atoms with E-state index in [-0.39, 0.29) is 11.9 Å². The topological polar surface area (TPSA) is 168 Å². The predicted octanol–water partition coefficient (Wildman–Crippen LogP) is 1.03. The second kappa shape index (κ2) is 8.45. The molecule has 11 nitrogen and oxygen atoms in total. The van der Waals surface area contributed by atoms with Gasteiger partial charge in [-0.05, 0) is 13.3 Å². The van der Waals surface area contributed by atoms with Crippen molar-refractivity contribution in [2.75, 3.05) is 18.2 Å². The van der Waals surface area contributed by atoms with Crippen LogP contribution in [0, 0.1) is 6.92 Å². The number of hydrogen-bond acceptors (Lipinski definition) is 8. The number of nitrogen functional groups attached to an aromatic ring is 1. The molecule has 1 aliphatic heterocycles. The first kappa shape index (κ1) is 21.5. The Kier molecular flexibility index (Phi) is 6.98. The maximum Gasteiger partial charge on any atom is 0.481 e. The van der Waals surface area contributed by atoms with E-state index >= 15 is 0 Å². The lowest BCUT2D eigenvalue weighted by molar-refractivity contribution is -0.521. The highest BCUT2D eigenvalue weighted by Crippen LogP contribution is 2.57. The van der Waals surface area contributed by atoms with Gasteiger partial charge in [0, 0.05) is 13.1 Å². The lowest BCUT2D eigenvalue weighted by Gasteiger charge is -2.13. The van der Waals surface area contributed by atoms with E-state index in [9.17, 15) is 14.0 Å². The number of phosphoric ester groups is 1. The summed E-state index contributed by atoms with van der Waals surface area (Å²) in [6, 6.07) is 0. The standard InChI is InChI=1S/C12H20N4O7P2S/c1-8-11(3-4-22-25(20,21)23-24(17,18)19)26-7-16(8)6-10-5-14-9(2)15-12(10)13/h5,11H,3-4,6-7H2,1-2H3,(H4-,13,14,15,17,18,19,20,21)/p+1/t11-/m0/s1. The molecule has 1 unspecified atom stereocenters. The van der Waals surface area contributed by atoms with Crippen molar-refractivity contribution in [3.05, 3.63) is 17.6 Å². The number of thioether (sulfide) groups is 1. The monoisotopic (exact) mass is 427 g/mol. The average Bonchev–Trinajstić information content (AvgIpc) is 2.80. The predicted molar refractivity (Wildman–Crippen MR) is 95.6 cm³/mol. The Balaban J connectivity index is 1.92. The minimum Gasteiger partial charge on any atom is -0.383 e. The van der Waals surface area contributed by atoms with Crippen molar-refractivity contribution in [2.45, 2.75) is 32.1 Å². The van der Waals surface area contributed by atoms with Crippen molar-refractivity contribution in [1.82, 2.24) is 9.97 Å². The van der Waals surface area contributed by atoms with Gasteiger partial charge in [0.15, 0.2) is 18.1 Å². The number of phosphoric acid groups is 2. The minimum absolute atomic E-state index is 0.0256. The van der Waals surface area contributed by atoms with Gasteiger partial charge >= 0.3 is 15.6 Å². The largest absolute Gasteiger partial charge is 0.481 e. The molecule has 0 aliphatic carbocycles. The van der Waals surface area contributed by atoms with E-state index < -0.39 is 15.6 Å². The Labute approximate surface area is 154 Å². The van der Waals surface area contributed by atoms with Crippen LogP contribution < -0.4 is 5.73 Å². The zero-order valence-electron chi connectivity index (χ0n) is 14.2. The molecular formula is C12H21N4O7P2S+. The fourth-order valence-corrected chi connectivity index (χ4v) is 5.25. The molecule has 1 aromatic rings. The van der Waals surface area contributed by atoms with Gasteiger partial charge in [-0.15, -0.1) is 0 Å². The molecule has 1 aromatic heterocycles. The van der Waals surface area contributed by atoms with Crippen LogP contribution in [-0.4, -0.2) is 52.7 Å². The highest BCUT2D eigenvalue weighted by Gasteiger charge is 2.34. The van der Waals surface area contributed by atoms with Gasteiger partial charge in [0.1, 0.15) is 11.6 Å². The third-order valence-corrected chi connectivity index (χ3v) is 7.25. The molecule has 0 fully saturated rings. The first-order valence-corrected chi connectivity index (χ1v) is 11.6. The van der Waals surface area contributed by atoms with Crippen molar-refractivity contribution in [3.8, 4) is 0 Å².